The number of nitrogens with one attached hydrogen (secondary N) is 1. The minimum absolute atomic E-state index is 0.109. The molecule has 0 unspecified atom stereocenters. The molecular weight excluding hydrogens is 170 g/mol. The number of aliphatic hydroxyl groups is 1. The Bertz CT molecular complexity index is 295. The van der Waals surface area contributed by atoms with E-state index in [4.69, 9.17) is 5.11 Å². The van der Waals surface area contributed by atoms with Crippen LogP contribution >= 0.6 is 11.3 Å². The van der Waals surface area contributed by atoms with E-state index in [-0.39, 0.29) is 6.61 Å². The van der Waals surface area contributed by atoms with Gasteiger partial charge in [0.1, 0.15) is 0 Å². The van der Waals surface area contributed by atoms with E-state index in [0.29, 0.717) is 6.54 Å². The van der Waals surface area contributed by atoms with Crippen LogP contribution in [0.4, 0.5) is 0 Å². The molecule has 0 fully saturated rings. The lowest BCUT2D eigenvalue weighted by molar-refractivity contribution is 0.285. The van der Waals surface area contributed by atoms with Crippen LogP contribution in [-0.2, 0) is 6.61 Å². The third kappa shape index (κ3) is 2.67. The van der Waals surface area contributed by atoms with Crippen LogP contribution in [0.15, 0.2) is 11.4 Å². The monoisotopic (exact) mass is 181 g/mol. The zero-order valence-corrected chi connectivity index (χ0v) is 7.74. The second-order valence-corrected chi connectivity index (χ2v) is 3.29. The van der Waals surface area contributed by atoms with Gasteiger partial charge in [0.05, 0.1) is 13.2 Å². The van der Waals surface area contributed by atoms with E-state index in [0.717, 1.165) is 10.4 Å². The molecular formula is C9H11NOS. The van der Waals surface area contributed by atoms with Gasteiger partial charge in [-0.25, -0.2) is 0 Å². The van der Waals surface area contributed by atoms with Crippen molar-refractivity contribution in [2.24, 2.45) is 0 Å². The molecule has 12 heavy (non-hydrogen) atoms. The summed E-state index contributed by atoms with van der Waals surface area (Å²) in [5.41, 5.74) is 0.985. The van der Waals surface area contributed by atoms with Crippen molar-refractivity contribution < 1.29 is 5.11 Å². The molecule has 0 aliphatic heterocycles. The maximum atomic E-state index is 8.77. The lowest BCUT2D eigenvalue weighted by Crippen LogP contribution is -2.04. The summed E-state index contributed by atoms with van der Waals surface area (Å²) in [6, 6.07) is 1.91. The van der Waals surface area contributed by atoms with Crippen molar-refractivity contribution in [3.8, 4) is 11.8 Å². The van der Waals surface area contributed by atoms with E-state index in [2.05, 4.69) is 17.2 Å². The molecule has 0 bridgehead atoms. The van der Waals surface area contributed by atoms with Crippen LogP contribution in [0.5, 0.6) is 0 Å². The summed E-state index contributed by atoms with van der Waals surface area (Å²) in [7, 11) is 1.86. The topological polar surface area (TPSA) is 32.3 Å². The van der Waals surface area contributed by atoms with Crippen molar-refractivity contribution in [3.63, 3.8) is 0 Å². The second-order valence-electron chi connectivity index (χ2n) is 2.29. The van der Waals surface area contributed by atoms with Crippen molar-refractivity contribution in [1.82, 2.24) is 5.32 Å². The van der Waals surface area contributed by atoms with Crippen LogP contribution in [-0.4, -0.2) is 18.7 Å². The summed E-state index contributed by atoms with van der Waals surface area (Å²) in [6.07, 6.45) is 0. The maximum Gasteiger partial charge on any atom is 0.0774 e. The largest absolute Gasteiger partial charge is 0.391 e. The zero-order valence-electron chi connectivity index (χ0n) is 6.92. The molecule has 0 saturated heterocycles. The highest BCUT2D eigenvalue weighted by molar-refractivity contribution is 7.10. The van der Waals surface area contributed by atoms with Crippen molar-refractivity contribution in [2.45, 2.75) is 6.61 Å². The Kier molecular flexibility index (Phi) is 3.81. The average molecular weight is 181 g/mol. The van der Waals surface area contributed by atoms with Gasteiger partial charge in [0.25, 0.3) is 0 Å². The summed E-state index contributed by atoms with van der Waals surface area (Å²) < 4.78 is 0. The maximum absolute atomic E-state index is 8.77. The van der Waals surface area contributed by atoms with Gasteiger partial charge in [-0.1, -0.05) is 11.8 Å². The third-order valence-corrected chi connectivity index (χ3v) is 2.23. The smallest absolute Gasteiger partial charge is 0.0774 e. The SMILES string of the molecule is CNCC#Cc1csc(CO)c1. The Morgan fingerprint density at radius 2 is 2.50 bits per heavy atom. The molecule has 0 amide bonds. The fourth-order valence-corrected chi connectivity index (χ4v) is 1.44. The number of hydrogen-bond acceptors (Lipinski definition) is 3. The van der Waals surface area contributed by atoms with E-state index < -0.39 is 0 Å². The number of rotatable bonds is 2. The van der Waals surface area contributed by atoms with Crippen LogP contribution in [0.25, 0.3) is 0 Å². The summed E-state index contributed by atoms with van der Waals surface area (Å²) in [5, 5.41) is 13.7. The summed E-state index contributed by atoms with van der Waals surface area (Å²) >= 11 is 1.53. The quantitative estimate of drug-likeness (QED) is 0.662. The second kappa shape index (κ2) is 4.94. The normalized spacial score (nSPS) is 9.17. The Labute approximate surface area is 76.2 Å². The van der Waals surface area contributed by atoms with Crippen LogP contribution < -0.4 is 5.32 Å². The van der Waals surface area contributed by atoms with Crippen LogP contribution in [0.1, 0.15) is 10.4 Å². The van der Waals surface area contributed by atoms with Crippen molar-refractivity contribution in [2.75, 3.05) is 13.6 Å². The van der Waals surface area contributed by atoms with E-state index in [1.54, 1.807) is 0 Å². The summed E-state index contributed by atoms with van der Waals surface area (Å²) in [6.45, 7) is 0.808. The van der Waals surface area contributed by atoms with Gasteiger partial charge < -0.3 is 10.4 Å². The van der Waals surface area contributed by atoms with Gasteiger partial charge in [0, 0.05) is 15.8 Å². The van der Waals surface area contributed by atoms with Crippen molar-refractivity contribution in [3.05, 3.63) is 21.9 Å². The molecule has 0 aromatic carbocycles. The highest BCUT2D eigenvalue weighted by atomic mass is 32.1. The van der Waals surface area contributed by atoms with Gasteiger partial charge in [0.15, 0.2) is 0 Å². The zero-order chi connectivity index (χ0) is 8.81. The van der Waals surface area contributed by atoms with Crippen LogP contribution in [0, 0.1) is 11.8 Å². The molecule has 0 aliphatic rings. The molecule has 1 rings (SSSR count). The van der Waals surface area contributed by atoms with E-state index in [1.165, 1.54) is 11.3 Å². The summed E-state index contributed by atoms with van der Waals surface area (Å²) in [4.78, 5) is 0.962. The van der Waals surface area contributed by atoms with Gasteiger partial charge in [-0.05, 0) is 13.1 Å². The molecule has 0 atom stereocenters. The first-order valence-corrected chi connectivity index (χ1v) is 4.56. The predicted octanol–water partition coefficient (Wildman–Crippen LogP) is 0.811. The molecule has 0 spiro atoms. The van der Waals surface area contributed by atoms with Gasteiger partial charge in [-0.2, -0.15) is 0 Å². The molecule has 3 heteroatoms. The first-order valence-electron chi connectivity index (χ1n) is 3.68. The molecule has 0 saturated carbocycles. The highest BCUT2D eigenvalue weighted by Crippen LogP contribution is 2.12. The minimum atomic E-state index is 0.109. The Hall–Kier alpha value is -0.820. The summed E-state index contributed by atoms with van der Waals surface area (Å²) in [5.74, 6) is 5.94. The molecule has 2 nitrogen and oxygen atoms in total. The first-order chi connectivity index (χ1) is 5.86. The number of hydrogen-bond donors (Lipinski definition) is 2. The van der Waals surface area contributed by atoms with E-state index >= 15 is 0 Å². The lowest BCUT2D eigenvalue weighted by Gasteiger charge is -1.82. The van der Waals surface area contributed by atoms with E-state index in [9.17, 15) is 0 Å². The molecule has 64 valence electrons. The number of aliphatic hydroxyl groups excluding tert-OH is 1. The van der Waals surface area contributed by atoms with Crippen molar-refractivity contribution in [1.29, 1.82) is 0 Å². The Morgan fingerprint density at radius 3 is 3.08 bits per heavy atom. The molecule has 1 aromatic rings. The lowest BCUT2D eigenvalue weighted by atomic mass is 10.3. The first kappa shape index (κ1) is 9.27. The van der Waals surface area contributed by atoms with Gasteiger partial charge >= 0.3 is 0 Å². The van der Waals surface area contributed by atoms with Crippen LogP contribution in [0.2, 0.25) is 0 Å². The highest BCUT2D eigenvalue weighted by Gasteiger charge is 1.93. The molecule has 0 aliphatic carbocycles. The number of thiophene rings is 1. The molecule has 2 N–H and O–H groups in total. The van der Waals surface area contributed by atoms with Crippen LogP contribution in [0.3, 0.4) is 0 Å². The average Bonchev–Trinajstić information content (AvgIpc) is 2.53. The molecule has 1 heterocycles. The Balaban J connectivity index is 2.59. The molecule has 0 radical (unpaired) electrons. The fraction of sp³-hybridized carbons (Fsp3) is 0.333. The predicted molar refractivity (Wildman–Crippen MR) is 51.0 cm³/mol. The fourth-order valence-electron chi connectivity index (χ4n) is 0.764. The molecule has 1 aromatic heterocycles. The minimum Gasteiger partial charge on any atom is -0.391 e. The van der Waals surface area contributed by atoms with Gasteiger partial charge in [-0.15, -0.1) is 11.3 Å². The Morgan fingerprint density at radius 1 is 1.67 bits per heavy atom. The standard InChI is InChI=1S/C9H11NOS/c1-10-4-2-3-8-5-9(6-11)12-7-8/h5,7,10-11H,4,6H2,1H3. The van der Waals surface area contributed by atoms with Crippen molar-refractivity contribution >= 4 is 11.3 Å². The van der Waals surface area contributed by atoms with Gasteiger partial charge in [-0.3, -0.25) is 0 Å². The third-order valence-electron chi connectivity index (χ3n) is 1.31. The van der Waals surface area contributed by atoms with Gasteiger partial charge in [0.2, 0.25) is 0 Å². The van der Waals surface area contributed by atoms with E-state index in [1.807, 2.05) is 18.5 Å².